The largest absolute Gasteiger partial charge is 0.380 e. The van der Waals surface area contributed by atoms with Gasteiger partial charge in [-0.2, -0.15) is 0 Å². The van der Waals surface area contributed by atoms with Gasteiger partial charge in [-0.15, -0.1) is 0 Å². The Morgan fingerprint density at radius 3 is 2.53 bits per heavy atom. The lowest BCUT2D eigenvalue weighted by Crippen LogP contribution is -2.45. The zero-order valence-corrected chi connectivity index (χ0v) is 12.7. The van der Waals surface area contributed by atoms with Crippen molar-refractivity contribution in [3.63, 3.8) is 0 Å². The molecule has 0 atom stereocenters. The van der Waals surface area contributed by atoms with Gasteiger partial charge in [0.2, 0.25) is 0 Å². The molecule has 0 aliphatic carbocycles. The summed E-state index contributed by atoms with van der Waals surface area (Å²) in [5, 5.41) is 0. The summed E-state index contributed by atoms with van der Waals surface area (Å²) in [6.45, 7) is 9.66. The summed E-state index contributed by atoms with van der Waals surface area (Å²) in [5.74, 6) is 0. The fourth-order valence-electron chi connectivity index (χ4n) is 1.61. The molecule has 0 radical (unpaired) electrons. The van der Waals surface area contributed by atoms with Crippen molar-refractivity contribution in [3.8, 4) is 0 Å². The van der Waals surface area contributed by atoms with Crippen LogP contribution in [0.4, 0.5) is 0 Å². The first kappa shape index (κ1) is 14.9. The van der Waals surface area contributed by atoms with Gasteiger partial charge in [0.25, 0.3) is 0 Å². The third-order valence-electron chi connectivity index (χ3n) is 3.19. The molecule has 17 heavy (non-hydrogen) atoms. The van der Waals surface area contributed by atoms with Crippen LogP contribution in [-0.4, -0.2) is 26.4 Å². The summed E-state index contributed by atoms with van der Waals surface area (Å²) >= 11 is 3.50. The van der Waals surface area contributed by atoms with E-state index in [1.807, 2.05) is 0 Å². The van der Waals surface area contributed by atoms with Crippen molar-refractivity contribution < 1.29 is 9.47 Å². The first-order valence-corrected chi connectivity index (χ1v) is 7.08. The summed E-state index contributed by atoms with van der Waals surface area (Å²) in [6.07, 6.45) is 6.38. The highest BCUT2D eigenvalue weighted by atomic mass is 79.9. The lowest BCUT2D eigenvalue weighted by Gasteiger charge is -2.40. The standard InChI is InChI=1S/C14H23BrO2/c1-4-13(15)7-6-12(3)8-16-9-14(5-2)10-17-11-14/h6-7H,4-5,8-11H2,1-3H3/b12-6+,13-7+. The van der Waals surface area contributed by atoms with Gasteiger partial charge in [0, 0.05) is 5.41 Å². The minimum atomic E-state index is 0.292. The second kappa shape index (κ2) is 7.34. The Morgan fingerprint density at radius 2 is 2.06 bits per heavy atom. The van der Waals surface area contributed by atoms with Crippen LogP contribution in [0.1, 0.15) is 33.6 Å². The molecule has 98 valence electrons. The van der Waals surface area contributed by atoms with Crippen molar-refractivity contribution in [1.29, 1.82) is 0 Å². The second-order valence-corrected chi connectivity index (χ2v) is 5.84. The van der Waals surface area contributed by atoms with Gasteiger partial charge in [-0.1, -0.05) is 41.9 Å². The second-order valence-electron chi connectivity index (χ2n) is 4.82. The zero-order chi connectivity index (χ0) is 12.7. The van der Waals surface area contributed by atoms with Crippen LogP contribution >= 0.6 is 15.9 Å². The maximum Gasteiger partial charge on any atom is 0.0677 e. The Morgan fingerprint density at radius 1 is 1.35 bits per heavy atom. The molecular formula is C14H23BrO2. The first-order valence-electron chi connectivity index (χ1n) is 6.29. The molecule has 0 bridgehead atoms. The molecule has 1 rings (SSSR count). The molecule has 0 unspecified atom stereocenters. The van der Waals surface area contributed by atoms with Gasteiger partial charge in [0.15, 0.2) is 0 Å². The fourth-order valence-corrected chi connectivity index (χ4v) is 1.74. The van der Waals surface area contributed by atoms with Gasteiger partial charge < -0.3 is 9.47 Å². The average molecular weight is 303 g/mol. The van der Waals surface area contributed by atoms with E-state index in [0.29, 0.717) is 12.0 Å². The van der Waals surface area contributed by atoms with Crippen LogP contribution < -0.4 is 0 Å². The summed E-state index contributed by atoms with van der Waals surface area (Å²) < 4.78 is 12.3. The number of halogens is 1. The van der Waals surface area contributed by atoms with E-state index in [0.717, 1.165) is 32.7 Å². The van der Waals surface area contributed by atoms with Crippen LogP contribution in [0.25, 0.3) is 0 Å². The van der Waals surface area contributed by atoms with E-state index >= 15 is 0 Å². The van der Waals surface area contributed by atoms with Crippen LogP contribution in [0.3, 0.4) is 0 Å². The smallest absolute Gasteiger partial charge is 0.0677 e. The molecule has 2 nitrogen and oxygen atoms in total. The minimum Gasteiger partial charge on any atom is -0.380 e. The van der Waals surface area contributed by atoms with Gasteiger partial charge >= 0.3 is 0 Å². The normalized spacial score (nSPS) is 20.2. The maximum atomic E-state index is 5.77. The van der Waals surface area contributed by atoms with Crippen LogP contribution in [0.5, 0.6) is 0 Å². The Labute approximate surface area is 113 Å². The number of ether oxygens (including phenoxy) is 2. The molecule has 0 aromatic carbocycles. The van der Waals surface area contributed by atoms with E-state index in [9.17, 15) is 0 Å². The topological polar surface area (TPSA) is 18.5 Å². The van der Waals surface area contributed by atoms with E-state index in [1.165, 1.54) is 10.1 Å². The molecule has 3 heteroatoms. The molecule has 1 aliphatic rings. The predicted molar refractivity (Wildman–Crippen MR) is 75.4 cm³/mol. The van der Waals surface area contributed by atoms with Gasteiger partial charge in [0.1, 0.15) is 0 Å². The van der Waals surface area contributed by atoms with Crippen molar-refractivity contribution in [2.75, 3.05) is 26.4 Å². The third-order valence-corrected chi connectivity index (χ3v) is 4.02. The molecule has 1 saturated heterocycles. The van der Waals surface area contributed by atoms with E-state index < -0.39 is 0 Å². The van der Waals surface area contributed by atoms with Gasteiger partial charge in [-0.25, -0.2) is 0 Å². The molecule has 0 aromatic rings. The van der Waals surface area contributed by atoms with Crippen LogP contribution in [0.15, 0.2) is 22.2 Å². The predicted octanol–water partition coefficient (Wildman–Crippen LogP) is 4.06. The van der Waals surface area contributed by atoms with Crippen molar-refractivity contribution in [1.82, 2.24) is 0 Å². The van der Waals surface area contributed by atoms with Crippen molar-refractivity contribution >= 4 is 15.9 Å². The van der Waals surface area contributed by atoms with Gasteiger partial charge in [-0.3, -0.25) is 0 Å². The average Bonchev–Trinajstić information content (AvgIpc) is 2.29. The fraction of sp³-hybridized carbons (Fsp3) is 0.714. The molecular weight excluding hydrogens is 280 g/mol. The number of hydrogen-bond acceptors (Lipinski definition) is 2. The molecule has 0 aromatic heterocycles. The molecule has 1 fully saturated rings. The van der Waals surface area contributed by atoms with E-state index in [4.69, 9.17) is 9.47 Å². The third kappa shape index (κ3) is 4.94. The van der Waals surface area contributed by atoms with Crippen LogP contribution in [0.2, 0.25) is 0 Å². The maximum absolute atomic E-state index is 5.77. The zero-order valence-electron chi connectivity index (χ0n) is 11.1. The molecule has 0 N–H and O–H groups in total. The highest BCUT2D eigenvalue weighted by Crippen LogP contribution is 2.31. The SMILES string of the molecule is CC/C(Br)=C\C=C(/C)COCC1(CC)COC1. The Bertz CT molecular complexity index is 285. The minimum absolute atomic E-state index is 0.292. The van der Waals surface area contributed by atoms with Crippen LogP contribution in [0, 0.1) is 5.41 Å². The summed E-state index contributed by atoms with van der Waals surface area (Å²) in [4.78, 5) is 0. The summed E-state index contributed by atoms with van der Waals surface area (Å²) in [6, 6.07) is 0. The van der Waals surface area contributed by atoms with E-state index in [-0.39, 0.29) is 0 Å². The van der Waals surface area contributed by atoms with Gasteiger partial charge in [-0.05, 0) is 29.8 Å². The number of allylic oxidation sites excluding steroid dienone is 3. The van der Waals surface area contributed by atoms with Crippen LogP contribution in [-0.2, 0) is 9.47 Å². The molecule has 1 heterocycles. The highest BCUT2D eigenvalue weighted by molar-refractivity contribution is 9.11. The van der Waals surface area contributed by atoms with E-state index in [1.54, 1.807) is 0 Å². The number of hydrogen-bond donors (Lipinski definition) is 0. The monoisotopic (exact) mass is 302 g/mol. The van der Waals surface area contributed by atoms with Gasteiger partial charge in [0.05, 0.1) is 26.4 Å². The Balaban J connectivity index is 2.26. The van der Waals surface area contributed by atoms with Crippen molar-refractivity contribution in [2.45, 2.75) is 33.6 Å². The first-order chi connectivity index (χ1) is 8.12. The molecule has 0 spiro atoms. The van der Waals surface area contributed by atoms with Crippen molar-refractivity contribution in [2.24, 2.45) is 5.41 Å². The molecule has 0 amide bonds. The van der Waals surface area contributed by atoms with Crippen molar-refractivity contribution in [3.05, 3.63) is 22.2 Å². The lowest BCUT2D eigenvalue weighted by atomic mass is 9.84. The quantitative estimate of drug-likeness (QED) is 0.660. The summed E-state index contributed by atoms with van der Waals surface area (Å²) in [5.41, 5.74) is 1.54. The number of rotatable bonds is 7. The highest BCUT2D eigenvalue weighted by Gasteiger charge is 2.36. The summed E-state index contributed by atoms with van der Waals surface area (Å²) in [7, 11) is 0. The Kier molecular flexibility index (Phi) is 6.45. The molecule has 1 aliphatic heterocycles. The Hall–Kier alpha value is -0.120. The lowest BCUT2D eigenvalue weighted by molar-refractivity contribution is -0.148. The molecule has 0 saturated carbocycles. The van der Waals surface area contributed by atoms with E-state index in [2.05, 4.69) is 48.9 Å².